The summed E-state index contributed by atoms with van der Waals surface area (Å²) in [4.78, 5) is 2.98. The number of thioether (sulfide) groups is 1. The summed E-state index contributed by atoms with van der Waals surface area (Å²) in [5.41, 5.74) is 0. The number of H-pyrrole nitrogens is 1. The van der Waals surface area contributed by atoms with E-state index in [2.05, 4.69) is 15.8 Å². The molecular weight excluding hydrogens is 188 g/mol. The van der Waals surface area contributed by atoms with Crippen LogP contribution in [0.2, 0.25) is 0 Å². The maximum absolute atomic E-state index is 5.07. The first-order chi connectivity index (χ1) is 5.84. The summed E-state index contributed by atoms with van der Waals surface area (Å²) in [6.07, 6.45) is 8.52. The van der Waals surface area contributed by atoms with Gasteiger partial charge < -0.3 is 9.55 Å². The number of rotatable bonds is 5. The van der Waals surface area contributed by atoms with Gasteiger partial charge in [0.25, 0.3) is 0 Å². The number of nitrogens with zero attached hydrogens (tertiary/aromatic N) is 1. The topological polar surface area (TPSA) is 20.7 Å². The zero-order chi connectivity index (χ0) is 8.81. The average molecular weight is 202 g/mol. The molecule has 4 heteroatoms. The van der Waals surface area contributed by atoms with Crippen LogP contribution in [0.4, 0.5) is 0 Å². The molecule has 1 N–H and O–H groups in total. The predicted molar refractivity (Wildman–Crippen MR) is 57.2 cm³/mol. The smallest absolute Gasteiger partial charge is 0.177 e. The summed E-state index contributed by atoms with van der Waals surface area (Å²) in [5.74, 6) is 1.25. The fraction of sp³-hybridized carbons (Fsp3) is 0.625. The summed E-state index contributed by atoms with van der Waals surface area (Å²) in [7, 11) is 0. The van der Waals surface area contributed by atoms with E-state index in [1.807, 2.05) is 24.2 Å². The van der Waals surface area contributed by atoms with Gasteiger partial charge in [-0.05, 0) is 37.1 Å². The Bertz CT molecular complexity index is 264. The largest absolute Gasteiger partial charge is 0.337 e. The van der Waals surface area contributed by atoms with E-state index in [1.54, 1.807) is 0 Å². The fourth-order valence-electron chi connectivity index (χ4n) is 1.05. The molecular formula is C8H14N2S2. The van der Waals surface area contributed by atoms with Crippen LogP contribution < -0.4 is 0 Å². The molecule has 1 heterocycles. The second kappa shape index (κ2) is 5.43. The molecule has 0 bridgehead atoms. The van der Waals surface area contributed by atoms with Gasteiger partial charge in [0, 0.05) is 18.9 Å². The molecule has 1 aromatic heterocycles. The molecule has 0 aliphatic heterocycles. The van der Waals surface area contributed by atoms with Gasteiger partial charge in [0.1, 0.15) is 0 Å². The molecule has 0 aliphatic rings. The zero-order valence-corrected chi connectivity index (χ0v) is 8.88. The minimum Gasteiger partial charge on any atom is -0.337 e. The van der Waals surface area contributed by atoms with E-state index in [0.717, 1.165) is 11.3 Å². The van der Waals surface area contributed by atoms with Crippen LogP contribution in [0.15, 0.2) is 12.4 Å². The molecule has 2 nitrogen and oxygen atoms in total. The van der Waals surface area contributed by atoms with Crippen LogP contribution in [0, 0.1) is 4.77 Å². The van der Waals surface area contributed by atoms with E-state index in [4.69, 9.17) is 12.2 Å². The molecule has 0 amide bonds. The first kappa shape index (κ1) is 9.86. The molecule has 12 heavy (non-hydrogen) atoms. The number of unbranched alkanes of at least 4 members (excludes halogenated alkanes) is 1. The minimum absolute atomic E-state index is 0.833. The highest BCUT2D eigenvalue weighted by atomic mass is 32.2. The second-order valence-electron chi connectivity index (χ2n) is 2.66. The quantitative estimate of drug-likeness (QED) is 0.585. The van der Waals surface area contributed by atoms with E-state index in [0.29, 0.717) is 0 Å². The lowest BCUT2D eigenvalue weighted by Gasteiger charge is -2.00. The monoisotopic (exact) mass is 202 g/mol. The molecule has 0 radical (unpaired) electrons. The lowest BCUT2D eigenvalue weighted by atomic mass is 10.3. The van der Waals surface area contributed by atoms with Crippen molar-refractivity contribution in [2.75, 3.05) is 12.0 Å². The molecule has 0 fully saturated rings. The van der Waals surface area contributed by atoms with Gasteiger partial charge in [0.15, 0.2) is 4.77 Å². The van der Waals surface area contributed by atoms with Crippen LogP contribution in [0.25, 0.3) is 0 Å². The highest BCUT2D eigenvalue weighted by Gasteiger charge is 1.91. The Hall–Kier alpha value is -0.220. The van der Waals surface area contributed by atoms with Crippen LogP contribution in [0.1, 0.15) is 12.8 Å². The Morgan fingerprint density at radius 1 is 1.58 bits per heavy atom. The molecule has 1 aromatic rings. The number of nitrogens with one attached hydrogen (secondary N) is 1. The summed E-state index contributed by atoms with van der Waals surface area (Å²) in [6, 6.07) is 0. The summed E-state index contributed by atoms with van der Waals surface area (Å²) >= 11 is 6.97. The molecule has 0 saturated heterocycles. The van der Waals surface area contributed by atoms with Crippen molar-refractivity contribution in [3.8, 4) is 0 Å². The molecule has 0 aliphatic carbocycles. The summed E-state index contributed by atoms with van der Waals surface area (Å²) in [5, 5.41) is 0. The normalized spacial score (nSPS) is 10.4. The minimum atomic E-state index is 0.833. The maximum atomic E-state index is 5.07. The fourth-order valence-corrected chi connectivity index (χ4v) is 1.77. The van der Waals surface area contributed by atoms with Crippen molar-refractivity contribution in [3.63, 3.8) is 0 Å². The number of hydrogen-bond acceptors (Lipinski definition) is 2. The molecule has 68 valence electrons. The summed E-state index contributed by atoms with van der Waals surface area (Å²) < 4.78 is 2.91. The number of hydrogen-bond donors (Lipinski definition) is 1. The van der Waals surface area contributed by atoms with E-state index < -0.39 is 0 Å². The van der Waals surface area contributed by atoms with Crippen LogP contribution in [-0.4, -0.2) is 21.6 Å². The van der Waals surface area contributed by atoms with Crippen molar-refractivity contribution < 1.29 is 0 Å². The van der Waals surface area contributed by atoms with Crippen molar-refractivity contribution in [3.05, 3.63) is 17.2 Å². The van der Waals surface area contributed by atoms with Gasteiger partial charge in [-0.25, -0.2) is 0 Å². The Kier molecular flexibility index (Phi) is 4.46. The molecule has 0 atom stereocenters. The standard InChI is InChI=1S/C8H14N2S2/c1-12-7-3-2-5-10-6-4-9-8(10)11/h4,6H,2-3,5,7H2,1H3,(H,9,11). The van der Waals surface area contributed by atoms with Crippen molar-refractivity contribution >= 4 is 24.0 Å². The predicted octanol–water partition coefficient (Wildman–Crippen LogP) is 2.69. The Labute approximate surface area is 82.4 Å². The lowest BCUT2D eigenvalue weighted by molar-refractivity contribution is 0.628. The van der Waals surface area contributed by atoms with E-state index in [-0.39, 0.29) is 0 Å². The van der Waals surface area contributed by atoms with Gasteiger partial charge in [-0.1, -0.05) is 0 Å². The number of imidazole rings is 1. The molecule has 0 unspecified atom stereocenters. The molecule has 0 aromatic carbocycles. The van der Waals surface area contributed by atoms with Crippen LogP contribution in [0.5, 0.6) is 0 Å². The third kappa shape index (κ3) is 3.03. The SMILES string of the molecule is CSCCCCn1cc[nH]c1=S. The van der Waals surface area contributed by atoms with Gasteiger partial charge in [0.05, 0.1) is 0 Å². The van der Waals surface area contributed by atoms with Gasteiger partial charge in [-0.3, -0.25) is 0 Å². The maximum Gasteiger partial charge on any atom is 0.177 e. The van der Waals surface area contributed by atoms with Crippen molar-refractivity contribution in [1.82, 2.24) is 9.55 Å². The number of aromatic amines is 1. The third-order valence-electron chi connectivity index (χ3n) is 1.72. The van der Waals surface area contributed by atoms with Crippen molar-refractivity contribution in [2.24, 2.45) is 0 Å². The Morgan fingerprint density at radius 2 is 2.42 bits per heavy atom. The van der Waals surface area contributed by atoms with E-state index in [1.165, 1.54) is 18.6 Å². The number of aryl methyl sites for hydroxylation is 1. The zero-order valence-electron chi connectivity index (χ0n) is 7.25. The van der Waals surface area contributed by atoms with Crippen LogP contribution >= 0.6 is 24.0 Å². The van der Waals surface area contributed by atoms with Crippen molar-refractivity contribution in [1.29, 1.82) is 0 Å². The van der Waals surface area contributed by atoms with Gasteiger partial charge in [-0.15, -0.1) is 0 Å². The Morgan fingerprint density at radius 3 is 3.00 bits per heavy atom. The average Bonchev–Trinajstić information content (AvgIpc) is 2.46. The van der Waals surface area contributed by atoms with Gasteiger partial charge in [-0.2, -0.15) is 11.8 Å². The summed E-state index contributed by atoms with van der Waals surface area (Å²) in [6.45, 7) is 1.04. The third-order valence-corrected chi connectivity index (χ3v) is 2.77. The van der Waals surface area contributed by atoms with Crippen molar-refractivity contribution in [2.45, 2.75) is 19.4 Å². The Balaban J connectivity index is 2.24. The molecule has 0 saturated carbocycles. The van der Waals surface area contributed by atoms with Crippen LogP contribution in [0.3, 0.4) is 0 Å². The van der Waals surface area contributed by atoms with Crippen LogP contribution in [-0.2, 0) is 6.54 Å². The first-order valence-corrected chi connectivity index (χ1v) is 5.87. The second-order valence-corrected chi connectivity index (χ2v) is 4.03. The number of aromatic nitrogens is 2. The highest BCUT2D eigenvalue weighted by molar-refractivity contribution is 7.98. The van der Waals surface area contributed by atoms with Gasteiger partial charge in [0.2, 0.25) is 0 Å². The van der Waals surface area contributed by atoms with E-state index >= 15 is 0 Å². The van der Waals surface area contributed by atoms with Gasteiger partial charge >= 0.3 is 0 Å². The lowest BCUT2D eigenvalue weighted by Crippen LogP contribution is -1.96. The first-order valence-electron chi connectivity index (χ1n) is 4.07. The molecule has 1 rings (SSSR count). The molecule has 0 spiro atoms. The highest BCUT2D eigenvalue weighted by Crippen LogP contribution is 2.01. The van der Waals surface area contributed by atoms with E-state index in [9.17, 15) is 0 Å².